The SMILES string of the molecule is CC(F)(F)c1ccc(N2CCC3=C(C2)c2ccccc2CC3)nc1. The van der Waals surface area contributed by atoms with E-state index >= 15 is 0 Å². The molecule has 1 aliphatic heterocycles. The van der Waals surface area contributed by atoms with Crippen LogP contribution in [0.4, 0.5) is 14.6 Å². The highest BCUT2D eigenvalue weighted by molar-refractivity contribution is 5.77. The molecular formula is C20H20F2N2. The van der Waals surface area contributed by atoms with Gasteiger partial charge in [-0.15, -0.1) is 0 Å². The van der Waals surface area contributed by atoms with E-state index in [2.05, 4.69) is 34.1 Å². The van der Waals surface area contributed by atoms with Crippen LogP contribution in [0.15, 0.2) is 48.2 Å². The Morgan fingerprint density at radius 2 is 1.88 bits per heavy atom. The molecule has 2 heterocycles. The number of anilines is 1. The number of hydrogen-bond acceptors (Lipinski definition) is 2. The number of fused-ring (bicyclic) bond motifs is 2. The van der Waals surface area contributed by atoms with Gasteiger partial charge in [0.1, 0.15) is 5.82 Å². The molecule has 0 amide bonds. The molecule has 0 saturated heterocycles. The molecule has 0 fully saturated rings. The van der Waals surface area contributed by atoms with E-state index in [0.29, 0.717) is 0 Å². The highest BCUT2D eigenvalue weighted by atomic mass is 19.3. The summed E-state index contributed by atoms with van der Waals surface area (Å²) in [4.78, 5) is 6.48. The largest absolute Gasteiger partial charge is 0.352 e. The Morgan fingerprint density at radius 1 is 1.04 bits per heavy atom. The zero-order valence-electron chi connectivity index (χ0n) is 13.7. The number of pyridine rings is 1. The minimum atomic E-state index is -2.84. The van der Waals surface area contributed by atoms with E-state index in [1.54, 1.807) is 11.6 Å². The van der Waals surface area contributed by atoms with E-state index in [4.69, 9.17) is 0 Å². The molecule has 0 N–H and O–H groups in total. The molecule has 2 nitrogen and oxygen atoms in total. The third-order valence-corrected chi connectivity index (χ3v) is 5.08. The Morgan fingerprint density at radius 3 is 2.62 bits per heavy atom. The van der Waals surface area contributed by atoms with Gasteiger partial charge in [0, 0.05) is 31.8 Å². The standard InChI is InChI=1S/C20H20F2N2/c1-20(21,22)16-8-9-19(23-12-16)24-11-10-15-7-6-14-4-2-3-5-17(14)18(15)13-24/h2-5,8-9,12H,6-7,10-11,13H2,1H3. The monoisotopic (exact) mass is 326 g/mol. The Bertz CT molecular complexity index is 788. The summed E-state index contributed by atoms with van der Waals surface area (Å²) in [5.74, 6) is -2.07. The first kappa shape index (κ1) is 15.3. The lowest BCUT2D eigenvalue weighted by atomic mass is 9.82. The molecule has 2 aromatic rings. The van der Waals surface area contributed by atoms with E-state index in [1.165, 1.54) is 29.0 Å². The summed E-state index contributed by atoms with van der Waals surface area (Å²) in [5.41, 5.74) is 5.66. The first-order chi connectivity index (χ1) is 11.5. The number of hydrogen-bond donors (Lipinski definition) is 0. The van der Waals surface area contributed by atoms with Crippen molar-refractivity contribution >= 4 is 11.4 Å². The summed E-state index contributed by atoms with van der Waals surface area (Å²) >= 11 is 0. The van der Waals surface area contributed by atoms with Crippen LogP contribution >= 0.6 is 0 Å². The molecule has 0 spiro atoms. The Kier molecular flexibility index (Phi) is 3.63. The molecule has 124 valence electrons. The van der Waals surface area contributed by atoms with Crippen LogP contribution < -0.4 is 4.90 Å². The first-order valence-corrected chi connectivity index (χ1v) is 8.41. The maximum absolute atomic E-state index is 13.4. The van der Waals surface area contributed by atoms with Gasteiger partial charge in [-0.2, -0.15) is 0 Å². The zero-order valence-corrected chi connectivity index (χ0v) is 13.7. The zero-order chi connectivity index (χ0) is 16.7. The molecule has 1 aliphatic carbocycles. The van der Waals surface area contributed by atoms with Crippen molar-refractivity contribution in [3.63, 3.8) is 0 Å². The van der Waals surface area contributed by atoms with Crippen molar-refractivity contribution in [1.29, 1.82) is 0 Å². The lowest BCUT2D eigenvalue weighted by molar-refractivity contribution is 0.0171. The predicted molar refractivity (Wildman–Crippen MR) is 92.3 cm³/mol. The van der Waals surface area contributed by atoms with Crippen molar-refractivity contribution < 1.29 is 8.78 Å². The van der Waals surface area contributed by atoms with Gasteiger partial charge in [-0.3, -0.25) is 0 Å². The minimum absolute atomic E-state index is 0.0359. The van der Waals surface area contributed by atoms with Crippen LogP contribution in [-0.4, -0.2) is 18.1 Å². The van der Waals surface area contributed by atoms with Crippen LogP contribution in [0.2, 0.25) is 0 Å². The van der Waals surface area contributed by atoms with Gasteiger partial charge in [-0.05, 0) is 48.1 Å². The molecular weight excluding hydrogens is 306 g/mol. The van der Waals surface area contributed by atoms with Crippen LogP contribution in [0.1, 0.15) is 36.5 Å². The molecule has 0 atom stereocenters. The fourth-order valence-corrected chi connectivity index (χ4v) is 3.70. The molecule has 0 saturated carbocycles. The second-order valence-corrected chi connectivity index (χ2v) is 6.70. The van der Waals surface area contributed by atoms with Crippen molar-refractivity contribution in [3.05, 3.63) is 64.9 Å². The molecule has 0 bridgehead atoms. The second kappa shape index (κ2) is 5.69. The lowest BCUT2D eigenvalue weighted by Crippen LogP contribution is -2.33. The number of halogens is 2. The summed E-state index contributed by atoms with van der Waals surface area (Å²) in [6.07, 6.45) is 4.58. The number of nitrogens with zero attached hydrogens (tertiary/aromatic N) is 2. The van der Waals surface area contributed by atoms with Gasteiger partial charge in [0.15, 0.2) is 0 Å². The Hall–Kier alpha value is -2.23. The molecule has 4 rings (SSSR count). The van der Waals surface area contributed by atoms with Gasteiger partial charge in [0.25, 0.3) is 5.92 Å². The highest BCUT2D eigenvalue weighted by Crippen LogP contribution is 2.37. The number of benzene rings is 1. The summed E-state index contributed by atoms with van der Waals surface area (Å²) < 4.78 is 26.7. The molecule has 1 aromatic heterocycles. The topological polar surface area (TPSA) is 16.1 Å². The fourth-order valence-electron chi connectivity index (χ4n) is 3.70. The van der Waals surface area contributed by atoms with Crippen molar-refractivity contribution in [3.8, 4) is 0 Å². The van der Waals surface area contributed by atoms with E-state index < -0.39 is 5.92 Å². The number of aromatic nitrogens is 1. The summed E-state index contributed by atoms with van der Waals surface area (Å²) in [7, 11) is 0. The average molecular weight is 326 g/mol. The van der Waals surface area contributed by atoms with Crippen molar-refractivity contribution in [2.24, 2.45) is 0 Å². The summed E-state index contributed by atoms with van der Waals surface area (Å²) in [5, 5.41) is 0. The van der Waals surface area contributed by atoms with Gasteiger partial charge in [0.2, 0.25) is 0 Å². The van der Waals surface area contributed by atoms with Crippen LogP contribution in [0.3, 0.4) is 0 Å². The summed E-state index contributed by atoms with van der Waals surface area (Å²) in [6.45, 7) is 2.61. The van der Waals surface area contributed by atoms with Crippen LogP contribution in [0.5, 0.6) is 0 Å². The number of alkyl halides is 2. The van der Waals surface area contributed by atoms with Crippen molar-refractivity contribution in [2.75, 3.05) is 18.0 Å². The maximum Gasteiger partial charge on any atom is 0.272 e. The summed E-state index contributed by atoms with van der Waals surface area (Å²) in [6, 6.07) is 11.8. The molecule has 24 heavy (non-hydrogen) atoms. The van der Waals surface area contributed by atoms with Gasteiger partial charge < -0.3 is 4.90 Å². The highest BCUT2D eigenvalue weighted by Gasteiger charge is 2.27. The van der Waals surface area contributed by atoms with Crippen molar-refractivity contribution in [2.45, 2.75) is 32.1 Å². The van der Waals surface area contributed by atoms with Gasteiger partial charge in [-0.25, -0.2) is 13.8 Å². The van der Waals surface area contributed by atoms with Crippen molar-refractivity contribution in [1.82, 2.24) is 4.98 Å². The quantitative estimate of drug-likeness (QED) is 0.788. The maximum atomic E-state index is 13.4. The lowest BCUT2D eigenvalue weighted by Gasteiger charge is -2.35. The third-order valence-electron chi connectivity index (χ3n) is 5.08. The minimum Gasteiger partial charge on any atom is -0.352 e. The number of aryl methyl sites for hydroxylation is 1. The average Bonchev–Trinajstić information content (AvgIpc) is 2.60. The van der Waals surface area contributed by atoms with E-state index in [1.807, 2.05) is 0 Å². The van der Waals surface area contributed by atoms with Crippen LogP contribution in [0.25, 0.3) is 5.57 Å². The van der Waals surface area contributed by atoms with Gasteiger partial charge in [0.05, 0.1) is 0 Å². The smallest absolute Gasteiger partial charge is 0.272 e. The predicted octanol–water partition coefficient (Wildman–Crippen LogP) is 4.80. The third kappa shape index (κ3) is 2.70. The van der Waals surface area contributed by atoms with Gasteiger partial charge in [-0.1, -0.05) is 29.8 Å². The van der Waals surface area contributed by atoms with Crippen LogP contribution in [-0.2, 0) is 12.3 Å². The number of rotatable bonds is 2. The molecule has 4 heteroatoms. The Balaban J connectivity index is 1.61. The Labute approximate surface area is 140 Å². The molecule has 1 aromatic carbocycles. The van der Waals surface area contributed by atoms with E-state index in [-0.39, 0.29) is 5.56 Å². The van der Waals surface area contributed by atoms with Crippen LogP contribution in [0, 0.1) is 0 Å². The second-order valence-electron chi connectivity index (χ2n) is 6.70. The molecule has 0 radical (unpaired) electrons. The molecule has 0 unspecified atom stereocenters. The van der Waals surface area contributed by atoms with E-state index in [0.717, 1.165) is 45.1 Å². The molecule has 2 aliphatic rings. The van der Waals surface area contributed by atoms with E-state index in [9.17, 15) is 8.78 Å². The first-order valence-electron chi connectivity index (χ1n) is 8.41. The normalized spacial score (nSPS) is 17.5. The van der Waals surface area contributed by atoms with Gasteiger partial charge >= 0.3 is 0 Å². The fraction of sp³-hybridized carbons (Fsp3) is 0.350.